The maximum absolute atomic E-state index is 3.98. The fourth-order valence-corrected chi connectivity index (χ4v) is 1.88. The van der Waals surface area contributed by atoms with E-state index in [1.807, 2.05) is 26.4 Å². The fraction of sp³-hybridized carbons (Fsp3) is 0.600. The molecular weight excluding hydrogens is 190 g/mol. The summed E-state index contributed by atoms with van der Waals surface area (Å²) in [5, 5.41) is 14.2. The van der Waals surface area contributed by atoms with Crippen LogP contribution in [0.15, 0.2) is 12.3 Å². The quantitative estimate of drug-likeness (QED) is 0.747. The molecule has 0 aliphatic carbocycles. The number of likely N-dealkylation sites (N-methyl/N-ethyl adjacent to an activating group) is 1. The Morgan fingerprint density at radius 1 is 1.47 bits per heavy atom. The lowest BCUT2D eigenvalue weighted by molar-refractivity contribution is 0.617. The molecule has 2 N–H and O–H groups in total. The molecule has 15 heavy (non-hydrogen) atoms. The Balaban J connectivity index is 2.09. The van der Waals surface area contributed by atoms with Crippen LogP contribution in [0.5, 0.6) is 0 Å². The van der Waals surface area contributed by atoms with Gasteiger partial charge in [-0.1, -0.05) is 0 Å². The Morgan fingerprint density at radius 3 is 3.00 bits per heavy atom. The van der Waals surface area contributed by atoms with Crippen molar-refractivity contribution < 1.29 is 0 Å². The summed E-state index contributed by atoms with van der Waals surface area (Å²) >= 11 is 0. The van der Waals surface area contributed by atoms with Crippen LogP contribution in [0, 0.1) is 0 Å². The van der Waals surface area contributed by atoms with Gasteiger partial charge in [0.2, 0.25) is 0 Å². The first-order valence-corrected chi connectivity index (χ1v) is 5.26. The lowest BCUT2D eigenvalue weighted by Gasteiger charge is -2.18. The van der Waals surface area contributed by atoms with E-state index in [0.717, 1.165) is 24.6 Å². The first-order valence-electron chi connectivity index (χ1n) is 5.26. The Hall–Kier alpha value is -1.36. The Morgan fingerprint density at radius 2 is 2.33 bits per heavy atom. The second-order valence-electron chi connectivity index (χ2n) is 3.77. The van der Waals surface area contributed by atoms with Crippen LogP contribution in [-0.2, 0) is 0 Å². The monoisotopic (exact) mass is 207 g/mol. The van der Waals surface area contributed by atoms with E-state index < -0.39 is 0 Å². The number of hydrogen-bond donors (Lipinski definition) is 2. The van der Waals surface area contributed by atoms with Gasteiger partial charge in [-0.15, -0.1) is 5.10 Å². The minimum absolute atomic E-state index is 0.594. The molecule has 1 aromatic heterocycles. The molecule has 0 spiro atoms. The highest BCUT2D eigenvalue weighted by Gasteiger charge is 2.21. The molecule has 1 aliphatic heterocycles. The van der Waals surface area contributed by atoms with Crippen molar-refractivity contribution in [3.8, 4) is 0 Å². The SMILES string of the molecule is CNc1cc(N2CC[C@@H](NC)C2)cnn1. The number of hydrogen-bond acceptors (Lipinski definition) is 5. The van der Waals surface area contributed by atoms with Crippen LogP contribution in [0.2, 0.25) is 0 Å². The van der Waals surface area contributed by atoms with Gasteiger partial charge in [0.1, 0.15) is 5.82 Å². The maximum atomic E-state index is 3.98. The lowest BCUT2D eigenvalue weighted by atomic mass is 10.3. The molecule has 1 atom stereocenters. The number of nitrogens with zero attached hydrogens (tertiary/aromatic N) is 3. The minimum Gasteiger partial charge on any atom is -0.372 e. The number of rotatable bonds is 3. The van der Waals surface area contributed by atoms with Crippen LogP contribution in [0.1, 0.15) is 6.42 Å². The van der Waals surface area contributed by atoms with Crippen molar-refractivity contribution >= 4 is 11.5 Å². The van der Waals surface area contributed by atoms with E-state index in [2.05, 4.69) is 25.7 Å². The van der Waals surface area contributed by atoms with Gasteiger partial charge in [-0.3, -0.25) is 0 Å². The summed E-state index contributed by atoms with van der Waals surface area (Å²) in [6.45, 7) is 2.13. The van der Waals surface area contributed by atoms with Crippen molar-refractivity contribution in [1.29, 1.82) is 0 Å². The molecule has 0 amide bonds. The Kier molecular flexibility index (Phi) is 3.01. The molecule has 82 valence electrons. The zero-order chi connectivity index (χ0) is 10.7. The molecule has 1 aromatic rings. The van der Waals surface area contributed by atoms with Crippen molar-refractivity contribution in [2.24, 2.45) is 0 Å². The van der Waals surface area contributed by atoms with Gasteiger partial charge in [-0.05, 0) is 13.5 Å². The van der Waals surface area contributed by atoms with Gasteiger partial charge >= 0.3 is 0 Å². The Labute approximate surface area is 89.9 Å². The molecule has 0 unspecified atom stereocenters. The lowest BCUT2D eigenvalue weighted by Crippen LogP contribution is -2.29. The smallest absolute Gasteiger partial charge is 0.150 e. The molecule has 2 heterocycles. The minimum atomic E-state index is 0.594. The van der Waals surface area contributed by atoms with Crippen LogP contribution >= 0.6 is 0 Å². The van der Waals surface area contributed by atoms with Gasteiger partial charge in [0, 0.05) is 32.2 Å². The average molecular weight is 207 g/mol. The third-order valence-electron chi connectivity index (χ3n) is 2.86. The average Bonchev–Trinajstić information content (AvgIpc) is 2.78. The maximum Gasteiger partial charge on any atom is 0.150 e. The predicted octanol–water partition coefficient (Wildman–Crippen LogP) is 0.316. The molecule has 0 saturated carbocycles. The highest BCUT2D eigenvalue weighted by Crippen LogP contribution is 2.20. The number of aromatic nitrogens is 2. The zero-order valence-electron chi connectivity index (χ0n) is 9.20. The highest BCUT2D eigenvalue weighted by molar-refractivity contribution is 5.52. The van der Waals surface area contributed by atoms with Crippen molar-refractivity contribution in [2.75, 3.05) is 37.4 Å². The summed E-state index contributed by atoms with van der Waals surface area (Å²) in [6, 6.07) is 2.63. The van der Waals surface area contributed by atoms with Gasteiger partial charge in [0.25, 0.3) is 0 Å². The van der Waals surface area contributed by atoms with Gasteiger partial charge < -0.3 is 15.5 Å². The molecule has 5 heteroatoms. The van der Waals surface area contributed by atoms with E-state index >= 15 is 0 Å². The van der Waals surface area contributed by atoms with Gasteiger partial charge in [-0.25, -0.2) is 0 Å². The molecule has 1 fully saturated rings. The summed E-state index contributed by atoms with van der Waals surface area (Å²) < 4.78 is 0. The summed E-state index contributed by atoms with van der Waals surface area (Å²) in [4.78, 5) is 2.33. The van der Waals surface area contributed by atoms with Crippen LogP contribution in [0.4, 0.5) is 11.5 Å². The van der Waals surface area contributed by atoms with Crippen molar-refractivity contribution in [1.82, 2.24) is 15.5 Å². The third-order valence-corrected chi connectivity index (χ3v) is 2.86. The molecule has 1 aliphatic rings. The van der Waals surface area contributed by atoms with Gasteiger partial charge in [-0.2, -0.15) is 5.10 Å². The van der Waals surface area contributed by atoms with E-state index in [4.69, 9.17) is 0 Å². The predicted molar refractivity (Wildman–Crippen MR) is 61.3 cm³/mol. The van der Waals surface area contributed by atoms with Crippen molar-refractivity contribution in [2.45, 2.75) is 12.5 Å². The molecule has 5 nitrogen and oxygen atoms in total. The molecule has 0 aromatic carbocycles. The molecular formula is C10H17N5. The largest absolute Gasteiger partial charge is 0.372 e. The van der Waals surface area contributed by atoms with E-state index in [9.17, 15) is 0 Å². The summed E-state index contributed by atoms with van der Waals surface area (Å²) in [6.07, 6.45) is 3.01. The molecule has 2 rings (SSSR count). The first kappa shape index (κ1) is 10.2. The van der Waals surface area contributed by atoms with Crippen molar-refractivity contribution in [3.63, 3.8) is 0 Å². The number of nitrogens with one attached hydrogen (secondary N) is 2. The fourth-order valence-electron chi connectivity index (χ4n) is 1.88. The van der Waals surface area contributed by atoms with Crippen LogP contribution in [0.25, 0.3) is 0 Å². The van der Waals surface area contributed by atoms with E-state index in [1.165, 1.54) is 6.42 Å². The summed E-state index contributed by atoms with van der Waals surface area (Å²) in [5.41, 5.74) is 1.15. The van der Waals surface area contributed by atoms with Crippen LogP contribution in [-0.4, -0.2) is 43.4 Å². The normalized spacial score (nSPS) is 20.7. The molecule has 0 radical (unpaired) electrons. The van der Waals surface area contributed by atoms with Crippen molar-refractivity contribution in [3.05, 3.63) is 12.3 Å². The van der Waals surface area contributed by atoms with Crippen LogP contribution < -0.4 is 15.5 Å². The van der Waals surface area contributed by atoms with Gasteiger partial charge in [0.15, 0.2) is 0 Å². The van der Waals surface area contributed by atoms with E-state index in [1.54, 1.807) is 0 Å². The third kappa shape index (κ3) is 2.18. The first-order chi connectivity index (χ1) is 7.33. The van der Waals surface area contributed by atoms with E-state index in [-0.39, 0.29) is 0 Å². The Bertz CT molecular complexity index is 327. The topological polar surface area (TPSA) is 53.1 Å². The second kappa shape index (κ2) is 4.44. The zero-order valence-corrected chi connectivity index (χ0v) is 9.20. The number of anilines is 2. The van der Waals surface area contributed by atoms with E-state index in [0.29, 0.717) is 6.04 Å². The molecule has 0 bridgehead atoms. The summed E-state index contributed by atoms with van der Waals surface area (Å²) in [7, 11) is 3.87. The van der Waals surface area contributed by atoms with Crippen LogP contribution in [0.3, 0.4) is 0 Å². The second-order valence-corrected chi connectivity index (χ2v) is 3.77. The molecule has 1 saturated heterocycles. The highest BCUT2D eigenvalue weighted by atomic mass is 15.2. The van der Waals surface area contributed by atoms with Gasteiger partial charge in [0.05, 0.1) is 11.9 Å². The standard InChI is InChI=1S/C10H17N5/c1-11-8-3-4-15(7-8)9-5-10(12-2)14-13-6-9/h5-6,8,11H,3-4,7H2,1-2H3,(H,12,14)/t8-/m1/s1. The summed E-state index contributed by atoms with van der Waals surface area (Å²) in [5.74, 6) is 0.820.